The molecule has 24 heavy (non-hydrogen) atoms. The number of fused-ring (bicyclic) bond motifs is 1. The molecule has 0 radical (unpaired) electrons. The Morgan fingerprint density at radius 1 is 1.17 bits per heavy atom. The van der Waals surface area contributed by atoms with Gasteiger partial charge in [0.05, 0.1) is 19.3 Å². The van der Waals surface area contributed by atoms with Gasteiger partial charge in [-0.2, -0.15) is 0 Å². The molecule has 3 rings (SSSR count). The molecule has 7 nitrogen and oxygen atoms in total. The summed E-state index contributed by atoms with van der Waals surface area (Å²) in [5, 5.41) is 5.86. The molecule has 1 aromatic carbocycles. The fraction of sp³-hybridized carbons (Fsp3) is 0.588. The van der Waals surface area contributed by atoms with E-state index in [2.05, 4.69) is 15.5 Å². The Labute approximate surface area is 142 Å². The van der Waals surface area contributed by atoms with Crippen LogP contribution in [0, 0.1) is 0 Å². The van der Waals surface area contributed by atoms with E-state index < -0.39 is 0 Å². The molecule has 1 fully saturated rings. The number of carbonyl (C=O) groups is 1. The molecular weight excluding hydrogens is 310 g/mol. The molecule has 0 aromatic heterocycles. The zero-order valence-electron chi connectivity index (χ0n) is 14.0. The van der Waals surface area contributed by atoms with Crippen molar-refractivity contribution in [3.8, 4) is 11.5 Å². The second-order valence-corrected chi connectivity index (χ2v) is 5.98. The number of amides is 2. The highest BCUT2D eigenvalue weighted by Crippen LogP contribution is 2.32. The maximum absolute atomic E-state index is 12.0. The van der Waals surface area contributed by atoms with Crippen LogP contribution in [0.2, 0.25) is 0 Å². The van der Waals surface area contributed by atoms with E-state index in [0.717, 1.165) is 49.9 Å². The van der Waals surface area contributed by atoms with Crippen molar-refractivity contribution in [2.24, 2.45) is 0 Å². The number of urea groups is 1. The first-order chi connectivity index (χ1) is 11.7. The molecule has 0 aliphatic carbocycles. The summed E-state index contributed by atoms with van der Waals surface area (Å²) in [5.41, 5.74) is 0.988. The maximum atomic E-state index is 12.0. The molecule has 7 heteroatoms. The van der Waals surface area contributed by atoms with Crippen LogP contribution in [-0.2, 0) is 4.74 Å². The molecular formula is C17H25N3O4. The van der Waals surface area contributed by atoms with Gasteiger partial charge in [-0.25, -0.2) is 4.79 Å². The normalized spacial score (nSPS) is 18.7. The van der Waals surface area contributed by atoms with Gasteiger partial charge in [-0.3, -0.25) is 4.90 Å². The zero-order valence-corrected chi connectivity index (χ0v) is 14.0. The summed E-state index contributed by atoms with van der Waals surface area (Å²) in [6, 6.07) is 5.49. The third kappa shape index (κ3) is 4.52. The van der Waals surface area contributed by atoms with Crippen molar-refractivity contribution in [3.05, 3.63) is 23.8 Å². The van der Waals surface area contributed by atoms with Gasteiger partial charge in [0.25, 0.3) is 0 Å². The average Bonchev–Trinajstić information content (AvgIpc) is 2.62. The summed E-state index contributed by atoms with van der Waals surface area (Å²) >= 11 is 0. The molecule has 1 aromatic rings. The number of ether oxygens (including phenoxy) is 3. The van der Waals surface area contributed by atoms with Crippen molar-refractivity contribution in [3.63, 3.8) is 0 Å². The van der Waals surface area contributed by atoms with Crippen LogP contribution in [-0.4, -0.2) is 63.5 Å². The number of carbonyl (C=O) groups excluding carboxylic acids is 1. The number of morpholine rings is 1. The molecule has 0 spiro atoms. The van der Waals surface area contributed by atoms with Gasteiger partial charge < -0.3 is 24.8 Å². The first-order valence-electron chi connectivity index (χ1n) is 8.46. The van der Waals surface area contributed by atoms with Gasteiger partial charge in [-0.15, -0.1) is 0 Å². The minimum absolute atomic E-state index is 0.107. The predicted octanol–water partition coefficient (Wildman–Crippen LogP) is 1.15. The lowest BCUT2D eigenvalue weighted by Gasteiger charge is -2.26. The van der Waals surface area contributed by atoms with E-state index in [1.165, 1.54) is 0 Å². The van der Waals surface area contributed by atoms with Crippen molar-refractivity contribution in [2.45, 2.75) is 13.0 Å². The van der Waals surface area contributed by atoms with Gasteiger partial charge in [0, 0.05) is 26.2 Å². The van der Waals surface area contributed by atoms with Gasteiger partial charge in [0.15, 0.2) is 11.5 Å². The lowest BCUT2D eigenvalue weighted by molar-refractivity contribution is 0.0387. The smallest absolute Gasteiger partial charge is 0.315 e. The lowest BCUT2D eigenvalue weighted by atomic mass is 10.1. The van der Waals surface area contributed by atoms with Crippen LogP contribution in [0.3, 0.4) is 0 Å². The van der Waals surface area contributed by atoms with Crippen LogP contribution in [0.15, 0.2) is 18.2 Å². The minimum Gasteiger partial charge on any atom is -0.486 e. The van der Waals surface area contributed by atoms with Crippen LogP contribution in [0.5, 0.6) is 11.5 Å². The Balaban J connectivity index is 1.43. The summed E-state index contributed by atoms with van der Waals surface area (Å²) in [5.74, 6) is 1.49. The third-order valence-electron chi connectivity index (χ3n) is 4.23. The highest BCUT2D eigenvalue weighted by Gasteiger charge is 2.16. The summed E-state index contributed by atoms with van der Waals surface area (Å²) in [6.07, 6.45) is 0. The van der Waals surface area contributed by atoms with Crippen LogP contribution in [0.4, 0.5) is 4.79 Å². The van der Waals surface area contributed by atoms with Crippen molar-refractivity contribution in [2.75, 3.05) is 52.6 Å². The van der Waals surface area contributed by atoms with E-state index in [4.69, 9.17) is 14.2 Å². The minimum atomic E-state index is -0.161. The van der Waals surface area contributed by atoms with E-state index >= 15 is 0 Å². The van der Waals surface area contributed by atoms with E-state index in [1.807, 2.05) is 25.1 Å². The van der Waals surface area contributed by atoms with Crippen molar-refractivity contribution < 1.29 is 19.0 Å². The van der Waals surface area contributed by atoms with Crippen molar-refractivity contribution in [1.29, 1.82) is 0 Å². The highest BCUT2D eigenvalue weighted by atomic mass is 16.6. The van der Waals surface area contributed by atoms with Crippen LogP contribution >= 0.6 is 0 Å². The Bertz CT molecular complexity index is 561. The van der Waals surface area contributed by atoms with Crippen molar-refractivity contribution >= 4 is 6.03 Å². The molecule has 132 valence electrons. The van der Waals surface area contributed by atoms with Crippen LogP contribution < -0.4 is 20.1 Å². The Kier molecular flexibility index (Phi) is 5.77. The van der Waals surface area contributed by atoms with Gasteiger partial charge in [-0.05, 0) is 24.6 Å². The fourth-order valence-corrected chi connectivity index (χ4v) is 2.81. The van der Waals surface area contributed by atoms with E-state index in [-0.39, 0.29) is 12.1 Å². The zero-order chi connectivity index (χ0) is 16.8. The van der Waals surface area contributed by atoms with Crippen molar-refractivity contribution in [1.82, 2.24) is 15.5 Å². The highest BCUT2D eigenvalue weighted by molar-refractivity contribution is 5.74. The Morgan fingerprint density at radius 3 is 2.71 bits per heavy atom. The predicted molar refractivity (Wildman–Crippen MR) is 89.6 cm³/mol. The fourth-order valence-electron chi connectivity index (χ4n) is 2.81. The molecule has 0 saturated carbocycles. The van der Waals surface area contributed by atoms with Gasteiger partial charge >= 0.3 is 6.03 Å². The molecule has 1 unspecified atom stereocenters. The monoisotopic (exact) mass is 335 g/mol. The third-order valence-corrected chi connectivity index (χ3v) is 4.23. The van der Waals surface area contributed by atoms with Crippen LogP contribution in [0.25, 0.3) is 0 Å². The molecule has 2 heterocycles. The number of hydrogen-bond acceptors (Lipinski definition) is 5. The molecule has 1 saturated heterocycles. The lowest BCUT2D eigenvalue weighted by Crippen LogP contribution is -2.44. The SMILES string of the molecule is CC(NC(=O)NCCN1CCOCC1)c1ccc2c(c1)OCCO2. The van der Waals surface area contributed by atoms with Gasteiger partial charge in [0.1, 0.15) is 13.2 Å². The van der Waals surface area contributed by atoms with Gasteiger partial charge in [-0.1, -0.05) is 6.07 Å². The summed E-state index contributed by atoms with van der Waals surface area (Å²) in [7, 11) is 0. The quantitative estimate of drug-likeness (QED) is 0.845. The summed E-state index contributed by atoms with van der Waals surface area (Å²) in [6.45, 7) is 7.95. The number of benzene rings is 1. The van der Waals surface area contributed by atoms with E-state index in [9.17, 15) is 4.79 Å². The topological polar surface area (TPSA) is 72.1 Å². The largest absolute Gasteiger partial charge is 0.486 e. The molecule has 2 amide bonds. The average molecular weight is 335 g/mol. The van der Waals surface area contributed by atoms with Crippen LogP contribution in [0.1, 0.15) is 18.5 Å². The molecule has 2 aliphatic heterocycles. The Morgan fingerprint density at radius 2 is 1.92 bits per heavy atom. The first kappa shape index (κ1) is 16.9. The second-order valence-electron chi connectivity index (χ2n) is 5.98. The van der Waals surface area contributed by atoms with E-state index in [1.54, 1.807) is 0 Å². The number of hydrogen-bond donors (Lipinski definition) is 2. The second kappa shape index (κ2) is 8.21. The first-order valence-corrected chi connectivity index (χ1v) is 8.46. The number of rotatable bonds is 5. The molecule has 0 bridgehead atoms. The summed E-state index contributed by atoms with van der Waals surface area (Å²) in [4.78, 5) is 14.3. The maximum Gasteiger partial charge on any atom is 0.315 e. The Hall–Kier alpha value is -1.99. The standard InChI is InChI=1S/C17H25N3O4/c1-13(14-2-3-15-16(12-14)24-11-10-23-15)19-17(21)18-4-5-20-6-8-22-9-7-20/h2-3,12-13H,4-11H2,1H3,(H2,18,19,21). The number of nitrogens with zero attached hydrogens (tertiary/aromatic N) is 1. The molecule has 2 aliphatic rings. The number of nitrogens with one attached hydrogen (secondary N) is 2. The molecule has 2 N–H and O–H groups in total. The van der Waals surface area contributed by atoms with E-state index in [0.29, 0.717) is 19.8 Å². The molecule has 1 atom stereocenters. The summed E-state index contributed by atoms with van der Waals surface area (Å²) < 4.78 is 16.4. The van der Waals surface area contributed by atoms with Gasteiger partial charge in [0.2, 0.25) is 0 Å².